The Balaban J connectivity index is 0.00000353. The highest BCUT2D eigenvalue weighted by molar-refractivity contribution is 5.87. The Hall–Kier alpha value is -1.59. The predicted octanol–water partition coefficient (Wildman–Crippen LogP) is 6.03. The smallest absolute Gasteiger partial charge is 0.144 e. The van der Waals surface area contributed by atoms with Gasteiger partial charge in [-0.05, 0) is 68.0 Å². The van der Waals surface area contributed by atoms with Crippen LogP contribution in [0.5, 0.6) is 0 Å². The maximum absolute atomic E-state index is 13.5. The van der Waals surface area contributed by atoms with Gasteiger partial charge in [0.25, 0.3) is 0 Å². The van der Waals surface area contributed by atoms with Crippen molar-refractivity contribution in [3.05, 3.63) is 29.6 Å². The van der Waals surface area contributed by atoms with E-state index in [0.29, 0.717) is 35.5 Å². The van der Waals surface area contributed by atoms with E-state index in [0.717, 1.165) is 51.1 Å². The van der Waals surface area contributed by atoms with Crippen LogP contribution in [0.4, 0.5) is 0 Å². The molecular weight excluding hydrogens is 412 g/mol. The molecule has 0 aromatic carbocycles. The minimum atomic E-state index is -0.0250. The van der Waals surface area contributed by atoms with Gasteiger partial charge in [0.1, 0.15) is 12.6 Å². The SMILES string of the molecule is C=O.CCOC[C@H](NC[C@H](CC)C[C@H](C)C(=O)C(c1ccc(C(C)C)cn1)C1CC1)C(C)C.[HH]. The Bertz CT molecular complexity index is 677. The lowest BCUT2D eigenvalue weighted by Crippen LogP contribution is -2.41. The number of hydrogen-bond donors (Lipinski definition) is 1. The van der Waals surface area contributed by atoms with Crippen molar-refractivity contribution >= 4 is 12.6 Å². The third kappa shape index (κ3) is 9.66. The van der Waals surface area contributed by atoms with Crippen molar-refractivity contribution in [2.75, 3.05) is 19.8 Å². The molecule has 0 bridgehead atoms. The average molecular weight is 463 g/mol. The quantitative estimate of drug-likeness (QED) is 0.344. The Kier molecular flexibility index (Phi) is 13.7. The highest BCUT2D eigenvalue weighted by Gasteiger charge is 2.40. The molecular formula is C28H50N2O3. The van der Waals surface area contributed by atoms with Crippen molar-refractivity contribution in [3.63, 3.8) is 0 Å². The molecule has 1 aliphatic rings. The topological polar surface area (TPSA) is 68.3 Å². The minimum Gasteiger partial charge on any atom is -0.380 e. The first-order valence-electron chi connectivity index (χ1n) is 12.9. The molecule has 4 atom stereocenters. The number of ketones is 1. The standard InChI is InChI=1S/C27H46N2O2.CH2O.H2/c1-8-21(15-28-25(19(5)6)17-31-9-2)14-20(7)27(30)26(22-10-11-22)24-13-12-23(16-29-24)18(3)4;1-2;/h12-13,16,18-22,25-26,28H,8-11,14-15,17H2,1-7H3;1H2;1H/t20-,21+,25-,26?;;/m0../s1. The van der Waals surface area contributed by atoms with Crippen LogP contribution in [0.15, 0.2) is 18.3 Å². The van der Waals surface area contributed by atoms with Crippen molar-refractivity contribution in [1.29, 1.82) is 0 Å². The Morgan fingerprint density at radius 1 is 1.18 bits per heavy atom. The summed E-state index contributed by atoms with van der Waals surface area (Å²) in [7, 11) is 0. The van der Waals surface area contributed by atoms with Crippen LogP contribution in [0.25, 0.3) is 0 Å². The number of aromatic nitrogens is 1. The predicted molar refractivity (Wildman–Crippen MR) is 139 cm³/mol. The maximum Gasteiger partial charge on any atom is 0.144 e. The van der Waals surface area contributed by atoms with E-state index in [9.17, 15) is 4.79 Å². The molecule has 0 amide bonds. The molecule has 1 N–H and O–H groups in total. The fourth-order valence-electron chi connectivity index (χ4n) is 4.36. The number of ether oxygens (including phenoxy) is 1. The van der Waals surface area contributed by atoms with Crippen LogP contribution in [0.3, 0.4) is 0 Å². The molecule has 1 saturated carbocycles. The number of Topliss-reactive ketones (excluding diaryl/α,β-unsaturated/α-hetero) is 1. The Labute approximate surface area is 204 Å². The van der Waals surface area contributed by atoms with Crippen LogP contribution < -0.4 is 5.32 Å². The molecule has 1 aromatic rings. The van der Waals surface area contributed by atoms with Crippen molar-refractivity contribution in [2.45, 2.75) is 92.0 Å². The third-order valence-corrected chi connectivity index (χ3v) is 6.92. The summed E-state index contributed by atoms with van der Waals surface area (Å²) in [5, 5.41) is 3.71. The summed E-state index contributed by atoms with van der Waals surface area (Å²) in [5.74, 6) is 2.41. The highest BCUT2D eigenvalue weighted by Crippen LogP contribution is 2.44. The third-order valence-electron chi connectivity index (χ3n) is 6.92. The summed E-state index contributed by atoms with van der Waals surface area (Å²) in [6.45, 7) is 19.7. The summed E-state index contributed by atoms with van der Waals surface area (Å²) in [5.41, 5.74) is 2.22. The highest BCUT2D eigenvalue weighted by atomic mass is 16.5. The summed E-state index contributed by atoms with van der Waals surface area (Å²) in [4.78, 5) is 26.2. The normalized spacial score (nSPS) is 17.2. The summed E-state index contributed by atoms with van der Waals surface area (Å²) in [6.07, 6.45) is 6.30. The van der Waals surface area contributed by atoms with Crippen LogP contribution in [0.1, 0.15) is 98.7 Å². The molecule has 0 spiro atoms. The number of pyridine rings is 1. The first-order chi connectivity index (χ1) is 15.8. The molecule has 190 valence electrons. The molecule has 5 heteroatoms. The summed E-state index contributed by atoms with van der Waals surface area (Å²) >= 11 is 0. The van der Waals surface area contributed by atoms with E-state index in [1.54, 1.807) is 0 Å². The van der Waals surface area contributed by atoms with Gasteiger partial charge in [-0.15, -0.1) is 0 Å². The van der Waals surface area contributed by atoms with Gasteiger partial charge in [-0.3, -0.25) is 9.78 Å². The molecule has 2 rings (SSSR count). The van der Waals surface area contributed by atoms with Crippen LogP contribution in [0.2, 0.25) is 0 Å². The molecule has 1 aliphatic carbocycles. The van der Waals surface area contributed by atoms with E-state index in [4.69, 9.17) is 14.5 Å². The Morgan fingerprint density at radius 2 is 1.85 bits per heavy atom. The van der Waals surface area contributed by atoms with Gasteiger partial charge in [0.2, 0.25) is 0 Å². The van der Waals surface area contributed by atoms with Gasteiger partial charge in [0, 0.05) is 26.2 Å². The van der Waals surface area contributed by atoms with E-state index in [1.807, 2.05) is 19.9 Å². The average Bonchev–Trinajstić information content (AvgIpc) is 3.64. The van der Waals surface area contributed by atoms with E-state index in [-0.39, 0.29) is 13.3 Å². The van der Waals surface area contributed by atoms with Crippen LogP contribution in [-0.4, -0.2) is 43.4 Å². The number of carbonyl (C=O) groups is 2. The van der Waals surface area contributed by atoms with E-state index >= 15 is 0 Å². The first-order valence-corrected chi connectivity index (χ1v) is 12.9. The molecule has 0 radical (unpaired) electrons. The molecule has 5 nitrogen and oxygen atoms in total. The molecule has 0 aliphatic heterocycles. The fourth-order valence-corrected chi connectivity index (χ4v) is 4.36. The molecule has 1 aromatic heterocycles. The molecule has 1 unspecified atom stereocenters. The van der Waals surface area contributed by atoms with E-state index in [2.05, 4.69) is 59.0 Å². The second-order valence-electron chi connectivity index (χ2n) is 10.2. The zero-order valence-corrected chi connectivity index (χ0v) is 22.1. The summed E-state index contributed by atoms with van der Waals surface area (Å²) < 4.78 is 5.66. The minimum absolute atomic E-state index is 0. The van der Waals surface area contributed by atoms with Gasteiger partial charge in [0.15, 0.2) is 0 Å². The summed E-state index contributed by atoms with van der Waals surface area (Å²) in [6, 6.07) is 4.62. The monoisotopic (exact) mass is 462 g/mol. The van der Waals surface area contributed by atoms with Gasteiger partial charge >= 0.3 is 0 Å². The lowest BCUT2D eigenvalue weighted by Gasteiger charge is -2.27. The van der Waals surface area contributed by atoms with Gasteiger partial charge in [0.05, 0.1) is 18.2 Å². The lowest BCUT2D eigenvalue weighted by molar-refractivity contribution is -0.125. The van der Waals surface area contributed by atoms with Crippen molar-refractivity contribution in [2.24, 2.45) is 23.7 Å². The van der Waals surface area contributed by atoms with Gasteiger partial charge in [-0.1, -0.05) is 54.0 Å². The Morgan fingerprint density at radius 3 is 2.30 bits per heavy atom. The maximum atomic E-state index is 13.5. The van der Waals surface area contributed by atoms with Gasteiger partial charge in [-0.25, -0.2) is 0 Å². The zero-order chi connectivity index (χ0) is 25.0. The molecule has 1 fully saturated rings. The second-order valence-corrected chi connectivity index (χ2v) is 10.2. The van der Waals surface area contributed by atoms with Gasteiger partial charge in [-0.2, -0.15) is 0 Å². The largest absolute Gasteiger partial charge is 0.380 e. The van der Waals surface area contributed by atoms with Crippen LogP contribution in [0, 0.1) is 23.7 Å². The first kappa shape index (κ1) is 29.4. The van der Waals surface area contributed by atoms with Crippen LogP contribution >= 0.6 is 0 Å². The van der Waals surface area contributed by atoms with E-state index < -0.39 is 0 Å². The lowest BCUT2D eigenvalue weighted by atomic mass is 9.82. The molecule has 33 heavy (non-hydrogen) atoms. The van der Waals surface area contributed by atoms with E-state index in [1.165, 1.54) is 5.56 Å². The van der Waals surface area contributed by atoms with Crippen molar-refractivity contribution in [1.82, 2.24) is 10.3 Å². The molecule has 0 saturated heterocycles. The zero-order valence-electron chi connectivity index (χ0n) is 22.1. The second kappa shape index (κ2) is 15.3. The number of nitrogens with one attached hydrogen (secondary N) is 1. The van der Waals surface area contributed by atoms with Crippen molar-refractivity contribution in [3.8, 4) is 0 Å². The van der Waals surface area contributed by atoms with Crippen molar-refractivity contribution < 1.29 is 15.8 Å². The molecule has 1 heterocycles. The fraction of sp³-hybridized carbons (Fsp3) is 0.750. The van der Waals surface area contributed by atoms with Gasteiger partial charge < -0.3 is 14.8 Å². The number of hydrogen-bond acceptors (Lipinski definition) is 5. The number of nitrogens with zero attached hydrogens (tertiary/aromatic N) is 1. The number of carbonyl (C=O) groups excluding carboxylic acids is 2. The number of rotatable bonds is 15. The van der Waals surface area contributed by atoms with Crippen LogP contribution in [-0.2, 0) is 14.3 Å².